The molecule has 2 aromatic rings. The Hall–Kier alpha value is -2.50. The van der Waals surface area contributed by atoms with Crippen molar-refractivity contribution < 1.29 is 18.7 Å². The molecule has 1 aromatic heterocycles. The number of nitrogens with one attached hydrogen (secondary N) is 1. The molecule has 6 heteroatoms. The van der Waals surface area contributed by atoms with Crippen molar-refractivity contribution in [3.63, 3.8) is 0 Å². The molecule has 0 aliphatic rings. The van der Waals surface area contributed by atoms with Gasteiger partial charge in [0.1, 0.15) is 17.3 Å². The molecule has 1 heterocycles. The summed E-state index contributed by atoms with van der Waals surface area (Å²) < 4.78 is 26.9. The van der Waals surface area contributed by atoms with E-state index in [9.17, 15) is 13.6 Å². The van der Waals surface area contributed by atoms with Crippen LogP contribution in [0.3, 0.4) is 0 Å². The average Bonchev–Trinajstić information content (AvgIpc) is 2.36. The molecule has 0 saturated carbocycles. The van der Waals surface area contributed by atoms with E-state index in [2.05, 4.69) is 10.3 Å². The van der Waals surface area contributed by atoms with Crippen molar-refractivity contribution >= 4 is 17.3 Å². The maximum absolute atomic E-state index is 13.6. The number of aromatic carboxylic acids is 1. The number of aryl methyl sites for hydroxylation is 1. The van der Waals surface area contributed by atoms with Gasteiger partial charge in [-0.3, -0.25) is 0 Å². The lowest BCUT2D eigenvalue weighted by molar-refractivity contribution is 0.0690. The second-order valence-corrected chi connectivity index (χ2v) is 3.94. The number of rotatable bonds is 3. The van der Waals surface area contributed by atoms with Crippen molar-refractivity contribution in [2.45, 2.75) is 6.92 Å². The minimum absolute atomic E-state index is 0.0343. The largest absolute Gasteiger partial charge is 0.477 e. The zero-order valence-electron chi connectivity index (χ0n) is 9.95. The third-order valence-corrected chi connectivity index (χ3v) is 2.51. The Kier molecular flexibility index (Phi) is 3.41. The summed E-state index contributed by atoms with van der Waals surface area (Å²) in [4.78, 5) is 14.3. The van der Waals surface area contributed by atoms with Crippen LogP contribution >= 0.6 is 0 Å². The molecule has 0 aliphatic heterocycles. The van der Waals surface area contributed by atoms with E-state index >= 15 is 0 Å². The molecular formula is C13H10F2N2O2. The summed E-state index contributed by atoms with van der Waals surface area (Å²) in [6.45, 7) is 1.46. The standard InChI is InChI=1S/C13H10F2N2O2/c1-7-4-10(15)12(5-9(7)14)17-8-2-3-11(13(18)19)16-6-8/h2-6,17H,1H3,(H,18,19). The second kappa shape index (κ2) is 5.01. The Morgan fingerprint density at radius 2 is 2.00 bits per heavy atom. The molecule has 4 nitrogen and oxygen atoms in total. The maximum atomic E-state index is 13.6. The number of carboxylic acids is 1. The number of halogens is 2. The van der Waals surface area contributed by atoms with Crippen LogP contribution in [0.15, 0.2) is 30.5 Å². The first-order valence-electron chi connectivity index (χ1n) is 5.39. The van der Waals surface area contributed by atoms with E-state index in [-0.39, 0.29) is 16.9 Å². The Labute approximate surface area is 107 Å². The summed E-state index contributed by atoms with van der Waals surface area (Å²) in [6, 6.07) is 4.81. The molecule has 0 fully saturated rings. The van der Waals surface area contributed by atoms with Crippen LogP contribution in [-0.2, 0) is 0 Å². The highest BCUT2D eigenvalue weighted by Gasteiger charge is 2.08. The lowest BCUT2D eigenvalue weighted by Crippen LogP contribution is -2.01. The summed E-state index contributed by atoms with van der Waals surface area (Å²) in [5, 5.41) is 11.3. The first-order chi connectivity index (χ1) is 8.97. The molecule has 0 radical (unpaired) electrons. The lowest BCUT2D eigenvalue weighted by atomic mass is 10.2. The zero-order valence-corrected chi connectivity index (χ0v) is 9.95. The first kappa shape index (κ1) is 12.9. The summed E-state index contributed by atoms with van der Waals surface area (Å²) in [6.07, 6.45) is 1.24. The second-order valence-electron chi connectivity index (χ2n) is 3.94. The van der Waals surface area contributed by atoms with Crippen molar-refractivity contribution in [1.82, 2.24) is 4.98 Å². The van der Waals surface area contributed by atoms with Crippen LogP contribution in [0.5, 0.6) is 0 Å². The molecule has 0 saturated heterocycles. The molecule has 98 valence electrons. The summed E-state index contributed by atoms with van der Waals surface area (Å²) in [5.41, 5.74) is 0.420. The van der Waals surface area contributed by atoms with Gasteiger partial charge in [-0.25, -0.2) is 18.6 Å². The normalized spacial score (nSPS) is 10.3. The van der Waals surface area contributed by atoms with Gasteiger partial charge in [-0.05, 0) is 30.7 Å². The molecule has 19 heavy (non-hydrogen) atoms. The highest BCUT2D eigenvalue weighted by atomic mass is 19.1. The smallest absolute Gasteiger partial charge is 0.354 e. The van der Waals surface area contributed by atoms with Crippen LogP contribution in [0.4, 0.5) is 20.2 Å². The monoisotopic (exact) mass is 264 g/mol. The first-order valence-corrected chi connectivity index (χ1v) is 5.39. The number of hydrogen-bond acceptors (Lipinski definition) is 3. The van der Waals surface area contributed by atoms with E-state index in [0.29, 0.717) is 5.69 Å². The Morgan fingerprint density at radius 3 is 2.58 bits per heavy atom. The molecule has 1 aromatic carbocycles. The molecule has 0 bridgehead atoms. The molecular weight excluding hydrogens is 254 g/mol. The summed E-state index contributed by atoms with van der Waals surface area (Å²) in [5.74, 6) is -2.28. The number of pyridine rings is 1. The summed E-state index contributed by atoms with van der Waals surface area (Å²) >= 11 is 0. The SMILES string of the molecule is Cc1cc(F)c(Nc2ccc(C(=O)O)nc2)cc1F. The van der Waals surface area contributed by atoms with E-state index in [0.717, 1.165) is 12.1 Å². The van der Waals surface area contributed by atoms with Crippen molar-refractivity contribution in [3.05, 3.63) is 53.4 Å². The molecule has 0 atom stereocenters. The van der Waals surface area contributed by atoms with E-state index in [1.807, 2.05) is 0 Å². The van der Waals surface area contributed by atoms with Gasteiger partial charge in [-0.15, -0.1) is 0 Å². The molecule has 2 rings (SSSR count). The van der Waals surface area contributed by atoms with Gasteiger partial charge in [0.05, 0.1) is 17.6 Å². The van der Waals surface area contributed by atoms with Gasteiger partial charge in [0, 0.05) is 6.07 Å². The van der Waals surface area contributed by atoms with Crippen LogP contribution in [-0.4, -0.2) is 16.1 Å². The number of hydrogen-bond donors (Lipinski definition) is 2. The van der Waals surface area contributed by atoms with Gasteiger partial charge in [0.25, 0.3) is 0 Å². The van der Waals surface area contributed by atoms with Crippen molar-refractivity contribution in [2.75, 3.05) is 5.32 Å². The molecule has 0 aliphatic carbocycles. The fourth-order valence-electron chi connectivity index (χ4n) is 1.49. The number of carbonyl (C=O) groups is 1. The highest BCUT2D eigenvalue weighted by Crippen LogP contribution is 2.22. The van der Waals surface area contributed by atoms with Crippen LogP contribution in [0.1, 0.15) is 16.1 Å². The van der Waals surface area contributed by atoms with E-state index in [1.54, 1.807) is 0 Å². The number of aromatic nitrogens is 1. The quantitative estimate of drug-likeness (QED) is 0.894. The Bertz CT molecular complexity index is 627. The van der Waals surface area contributed by atoms with Crippen LogP contribution in [0.2, 0.25) is 0 Å². The molecule has 0 spiro atoms. The molecule has 2 N–H and O–H groups in total. The zero-order chi connectivity index (χ0) is 14.0. The van der Waals surface area contributed by atoms with Crippen molar-refractivity contribution in [1.29, 1.82) is 0 Å². The highest BCUT2D eigenvalue weighted by molar-refractivity contribution is 5.85. The number of carboxylic acid groups (broad SMARTS) is 1. The van der Waals surface area contributed by atoms with Crippen molar-refractivity contribution in [2.24, 2.45) is 0 Å². The fraction of sp³-hybridized carbons (Fsp3) is 0.0769. The maximum Gasteiger partial charge on any atom is 0.354 e. The Balaban J connectivity index is 2.26. The number of benzene rings is 1. The van der Waals surface area contributed by atoms with Gasteiger partial charge >= 0.3 is 5.97 Å². The van der Waals surface area contributed by atoms with Gasteiger partial charge in [-0.1, -0.05) is 0 Å². The number of anilines is 2. The predicted molar refractivity (Wildman–Crippen MR) is 65.6 cm³/mol. The predicted octanol–water partition coefficient (Wildman–Crippen LogP) is 3.11. The van der Waals surface area contributed by atoms with Crippen molar-refractivity contribution in [3.8, 4) is 0 Å². The third-order valence-electron chi connectivity index (χ3n) is 2.51. The number of nitrogens with zero attached hydrogens (tertiary/aromatic N) is 1. The molecule has 0 amide bonds. The van der Waals surface area contributed by atoms with Crippen LogP contribution < -0.4 is 5.32 Å². The van der Waals surface area contributed by atoms with Gasteiger partial charge in [-0.2, -0.15) is 0 Å². The lowest BCUT2D eigenvalue weighted by Gasteiger charge is -2.08. The van der Waals surface area contributed by atoms with Crippen LogP contribution in [0, 0.1) is 18.6 Å². The van der Waals surface area contributed by atoms with Gasteiger partial charge in [0.2, 0.25) is 0 Å². The summed E-state index contributed by atoms with van der Waals surface area (Å²) in [7, 11) is 0. The van der Waals surface area contributed by atoms with E-state index < -0.39 is 17.6 Å². The average molecular weight is 264 g/mol. The Morgan fingerprint density at radius 1 is 1.26 bits per heavy atom. The minimum Gasteiger partial charge on any atom is -0.477 e. The van der Waals surface area contributed by atoms with E-state index in [1.165, 1.54) is 25.3 Å². The third kappa shape index (κ3) is 2.85. The fourth-order valence-corrected chi connectivity index (χ4v) is 1.49. The van der Waals surface area contributed by atoms with Crippen LogP contribution in [0.25, 0.3) is 0 Å². The van der Waals surface area contributed by atoms with Gasteiger partial charge < -0.3 is 10.4 Å². The topological polar surface area (TPSA) is 62.2 Å². The minimum atomic E-state index is -1.15. The molecule has 0 unspecified atom stereocenters. The van der Waals surface area contributed by atoms with Gasteiger partial charge in [0.15, 0.2) is 0 Å². The van der Waals surface area contributed by atoms with E-state index in [4.69, 9.17) is 5.11 Å².